The maximum absolute atomic E-state index is 15.2. The van der Waals surface area contributed by atoms with E-state index in [4.69, 9.17) is 21.5 Å². The summed E-state index contributed by atoms with van der Waals surface area (Å²) in [5.74, 6) is -1.33. The predicted molar refractivity (Wildman–Crippen MR) is 108 cm³/mol. The Balaban J connectivity index is 2.03. The maximum atomic E-state index is 15.2. The van der Waals surface area contributed by atoms with Gasteiger partial charge in [-0.3, -0.25) is 9.63 Å². The molecule has 0 aliphatic heterocycles. The van der Waals surface area contributed by atoms with E-state index in [-0.39, 0.29) is 30.0 Å². The van der Waals surface area contributed by atoms with Crippen LogP contribution in [0.5, 0.6) is 0 Å². The summed E-state index contributed by atoms with van der Waals surface area (Å²) in [7, 11) is 1.70. The molecule has 1 aromatic heterocycles. The summed E-state index contributed by atoms with van der Waals surface area (Å²) in [5.41, 5.74) is 3.21. The first kappa shape index (κ1) is 20.5. The minimum Gasteiger partial charge on any atom is -0.396 e. The van der Waals surface area contributed by atoms with Crippen LogP contribution in [0, 0.1) is 5.82 Å². The molecule has 3 N–H and O–H groups in total. The number of hydrogen-bond acceptors (Lipinski definition) is 5. The molecule has 1 amide bonds. The quantitative estimate of drug-likeness (QED) is 0.359. The Hall–Kier alpha value is -2.20. The zero-order chi connectivity index (χ0) is 20.3. The Kier molecular flexibility index (Phi) is 6.50. The van der Waals surface area contributed by atoms with Crippen LogP contribution >= 0.6 is 27.5 Å². The van der Waals surface area contributed by atoms with Crippen molar-refractivity contribution in [1.29, 1.82) is 0 Å². The number of hydroxylamine groups is 1. The summed E-state index contributed by atoms with van der Waals surface area (Å²) in [6.07, 6.45) is 1.82. The average Bonchev–Trinajstić information content (AvgIpc) is 3.03. The second-order valence-electron chi connectivity index (χ2n) is 5.94. The number of amides is 1. The molecule has 7 nitrogen and oxygen atoms in total. The molecule has 0 fully saturated rings. The zero-order valence-corrected chi connectivity index (χ0v) is 17.1. The number of benzene rings is 2. The normalized spacial score (nSPS) is 11.0. The number of halogens is 3. The van der Waals surface area contributed by atoms with Crippen LogP contribution in [0.2, 0.25) is 5.02 Å². The van der Waals surface area contributed by atoms with E-state index in [1.165, 1.54) is 12.4 Å². The van der Waals surface area contributed by atoms with Crippen molar-refractivity contribution in [3.8, 4) is 0 Å². The molecule has 0 aliphatic rings. The second kappa shape index (κ2) is 8.87. The van der Waals surface area contributed by atoms with E-state index >= 15 is 4.39 Å². The van der Waals surface area contributed by atoms with E-state index in [0.29, 0.717) is 22.6 Å². The maximum Gasteiger partial charge on any atom is 0.277 e. The Morgan fingerprint density at radius 2 is 2.21 bits per heavy atom. The standard InChI is InChI=1S/C18H17BrClFN4O3/c1-25-9-22-17-14(25)8-11(18(27)24-28-6-2-5-26)16(15(17)21)23-13-4-3-10(19)7-12(13)20/h3-4,7-9,23,26H,2,5-6H2,1H3,(H,24,27). The van der Waals surface area contributed by atoms with Gasteiger partial charge in [-0.15, -0.1) is 0 Å². The average molecular weight is 472 g/mol. The van der Waals surface area contributed by atoms with Gasteiger partial charge in [0, 0.05) is 18.1 Å². The molecule has 0 aliphatic carbocycles. The Labute approximate surface area is 173 Å². The van der Waals surface area contributed by atoms with Crippen molar-refractivity contribution in [2.75, 3.05) is 18.5 Å². The van der Waals surface area contributed by atoms with Crippen molar-refractivity contribution in [3.63, 3.8) is 0 Å². The summed E-state index contributed by atoms with van der Waals surface area (Å²) in [6.45, 7) is 0.0559. The Morgan fingerprint density at radius 3 is 2.93 bits per heavy atom. The van der Waals surface area contributed by atoms with Crippen LogP contribution < -0.4 is 10.8 Å². The number of carbonyl (C=O) groups excluding carboxylic acids is 1. The minimum absolute atomic E-state index is 0.0246. The molecule has 148 valence electrons. The highest BCUT2D eigenvalue weighted by atomic mass is 79.9. The number of fused-ring (bicyclic) bond motifs is 1. The van der Waals surface area contributed by atoms with Gasteiger partial charge in [-0.2, -0.15) is 0 Å². The summed E-state index contributed by atoms with van der Waals surface area (Å²) in [5, 5.41) is 12.0. The van der Waals surface area contributed by atoms with E-state index in [1.807, 2.05) is 0 Å². The first-order valence-electron chi connectivity index (χ1n) is 8.31. The molecule has 2 aromatic carbocycles. The smallest absolute Gasteiger partial charge is 0.277 e. The molecule has 0 spiro atoms. The highest BCUT2D eigenvalue weighted by molar-refractivity contribution is 9.10. The van der Waals surface area contributed by atoms with E-state index in [1.54, 1.807) is 29.8 Å². The van der Waals surface area contributed by atoms with Gasteiger partial charge in [-0.1, -0.05) is 27.5 Å². The van der Waals surface area contributed by atoms with Crippen LogP contribution in [0.3, 0.4) is 0 Å². The number of anilines is 2. The van der Waals surface area contributed by atoms with Crippen LogP contribution in [0.25, 0.3) is 11.0 Å². The molecule has 0 atom stereocenters. The predicted octanol–water partition coefficient (Wildman–Crippen LogP) is 3.92. The van der Waals surface area contributed by atoms with Gasteiger partial charge in [0.05, 0.1) is 40.4 Å². The third-order valence-electron chi connectivity index (χ3n) is 3.97. The zero-order valence-electron chi connectivity index (χ0n) is 14.8. The Morgan fingerprint density at radius 1 is 1.43 bits per heavy atom. The van der Waals surface area contributed by atoms with E-state index in [0.717, 1.165) is 4.47 Å². The molecule has 0 saturated heterocycles. The van der Waals surface area contributed by atoms with Gasteiger partial charge in [-0.25, -0.2) is 14.9 Å². The van der Waals surface area contributed by atoms with Crippen molar-refractivity contribution < 1.29 is 19.1 Å². The number of carbonyl (C=O) groups is 1. The highest BCUT2D eigenvalue weighted by Crippen LogP contribution is 2.34. The highest BCUT2D eigenvalue weighted by Gasteiger charge is 2.22. The lowest BCUT2D eigenvalue weighted by molar-refractivity contribution is 0.0262. The van der Waals surface area contributed by atoms with Crippen LogP contribution in [-0.2, 0) is 11.9 Å². The minimum atomic E-state index is -0.683. The number of aromatic nitrogens is 2. The van der Waals surface area contributed by atoms with Gasteiger partial charge in [0.25, 0.3) is 5.91 Å². The van der Waals surface area contributed by atoms with Gasteiger partial charge in [-0.05, 0) is 30.7 Å². The number of aliphatic hydroxyl groups excluding tert-OH is 1. The molecular weight excluding hydrogens is 455 g/mol. The lowest BCUT2D eigenvalue weighted by Crippen LogP contribution is -2.25. The fraction of sp³-hybridized carbons (Fsp3) is 0.222. The fourth-order valence-corrected chi connectivity index (χ4v) is 3.28. The lowest BCUT2D eigenvalue weighted by Gasteiger charge is -2.15. The molecular formula is C18H17BrClFN4O3. The lowest BCUT2D eigenvalue weighted by atomic mass is 10.1. The molecule has 0 radical (unpaired) electrons. The largest absolute Gasteiger partial charge is 0.396 e. The number of hydrogen-bond donors (Lipinski definition) is 3. The molecule has 10 heteroatoms. The molecule has 0 saturated carbocycles. The van der Waals surface area contributed by atoms with Crippen LogP contribution in [0.1, 0.15) is 16.8 Å². The number of imidazole rings is 1. The molecule has 0 bridgehead atoms. The van der Waals surface area contributed by atoms with Gasteiger partial charge >= 0.3 is 0 Å². The molecule has 3 aromatic rings. The SMILES string of the molecule is Cn1cnc2c(F)c(Nc3ccc(Br)cc3Cl)c(C(=O)NOCCCO)cc21. The van der Waals surface area contributed by atoms with E-state index in [2.05, 4.69) is 31.7 Å². The van der Waals surface area contributed by atoms with Crippen LogP contribution in [0.4, 0.5) is 15.8 Å². The van der Waals surface area contributed by atoms with E-state index < -0.39 is 11.7 Å². The van der Waals surface area contributed by atoms with Crippen LogP contribution in [-0.4, -0.2) is 33.8 Å². The number of nitrogens with one attached hydrogen (secondary N) is 2. The molecule has 1 heterocycles. The van der Waals surface area contributed by atoms with Crippen molar-refractivity contribution in [3.05, 3.63) is 51.5 Å². The van der Waals surface area contributed by atoms with Crippen LogP contribution in [0.15, 0.2) is 35.1 Å². The summed E-state index contributed by atoms with van der Waals surface area (Å²) < 4.78 is 17.6. The fourth-order valence-electron chi connectivity index (χ4n) is 2.56. The van der Waals surface area contributed by atoms with Gasteiger partial charge < -0.3 is 15.0 Å². The van der Waals surface area contributed by atoms with Crippen molar-refractivity contribution in [1.82, 2.24) is 15.0 Å². The van der Waals surface area contributed by atoms with Gasteiger partial charge in [0.2, 0.25) is 0 Å². The first-order valence-corrected chi connectivity index (χ1v) is 9.48. The van der Waals surface area contributed by atoms with Gasteiger partial charge in [0.1, 0.15) is 5.52 Å². The summed E-state index contributed by atoms with van der Waals surface area (Å²) >= 11 is 9.53. The van der Waals surface area contributed by atoms with Crippen molar-refractivity contribution >= 4 is 55.8 Å². The number of nitrogens with zero attached hydrogens (tertiary/aromatic N) is 2. The third kappa shape index (κ3) is 4.27. The summed E-state index contributed by atoms with van der Waals surface area (Å²) in [4.78, 5) is 21.7. The van der Waals surface area contributed by atoms with Crippen molar-refractivity contribution in [2.24, 2.45) is 7.05 Å². The van der Waals surface area contributed by atoms with Crippen molar-refractivity contribution in [2.45, 2.75) is 6.42 Å². The number of aryl methyl sites for hydroxylation is 1. The Bertz CT molecular complexity index is 1030. The molecule has 3 rings (SSSR count). The monoisotopic (exact) mass is 470 g/mol. The third-order valence-corrected chi connectivity index (χ3v) is 4.77. The number of rotatable bonds is 7. The van der Waals surface area contributed by atoms with E-state index in [9.17, 15) is 4.79 Å². The topological polar surface area (TPSA) is 88.4 Å². The molecule has 0 unspecified atom stereocenters. The van der Waals surface area contributed by atoms with Gasteiger partial charge in [0.15, 0.2) is 5.82 Å². The number of aliphatic hydroxyl groups is 1. The second-order valence-corrected chi connectivity index (χ2v) is 7.27. The molecule has 28 heavy (non-hydrogen) atoms. The summed E-state index contributed by atoms with van der Waals surface area (Å²) in [6, 6.07) is 6.57. The first-order chi connectivity index (χ1) is 13.4.